The number of rotatable bonds is 5. The molecule has 6 heteroatoms. The summed E-state index contributed by atoms with van der Waals surface area (Å²) in [5, 5.41) is 8.83. The van der Waals surface area contributed by atoms with Crippen molar-refractivity contribution in [1.82, 2.24) is 10.6 Å². The van der Waals surface area contributed by atoms with Crippen LogP contribution in [0.25, 0.3) is 0 Å². The van der Waals surface area contributed by atoms with E-state index in [0.717, 1.165) is 23.7 Å². The molecule has 0 saturated carbocycles. The van der Waals surface area contributed by atoms with Crippen molar-refractivity contribution in [2.75, 3.05) is 23.4 Å². The fourth-order valence-corrected chi connectivity index (χ4v) is 3.06. The molecule has 0 aliphatic carbocycles. The molecule has 0 aromatic heterocycles. The molecule has 114 valence electrons. The smallest absolute Gasteiger partial charge is 0.246 e. The highest BCUT2D eigenvalue weighted by Gasteiger charge is 2.20. The molecule has 1 saturated heterocycles. The maximum absolute atomic E-state index is 12.0. The van der Waals surface area contributed by atoms with E-state index in [-0.39, 0.29) is 17.9 Å². The van der Waals surface area contributed by atoms with Gasteiger partial charge in [0, 0.05) is 36.2 Å². The van der Waals surface area contributed by atoms with Crippen LogP contribution in [0, 0.1) is 0 Å². The molecule has 21 heavy (non-hydrogen) atoms. The first kappa shape index (κ1) is 15.9. The van der Waals surface area contributed by atoms with Crippen LogP contribution in [-0.2, 0) is 9.59 Å². The number of amides is 2. The molecule has 1 heterocycles. The van der Waals surface area contributed by atoms with Gasteiger partial charge in [0.05, 0.1) is 0 Å². The second kappa shape index (κ2) is 8.05. The molecule has 0 bridgehead atoms. The first-order valence-electron chi connectivity index (χ1n) is 7.11. The van der Waals surface area contributed by atoms with Crippen LogP contribution < -0.4 is 16.0 Å². The Labute approximate surface area is 129 Å². The summed E-state index contributed by atoms with van der Waals surface area (Å²) in [7, 11) is 0. The maximum Gasteiger partial charge on any atom is 0.246 e. The number of hydrogen-bond donors (Lipinski definition) is 3. The third-order valence-electron chi connectivity index (χ3n) is 3.24. The van der Waals surface area contributed by atoms with Crippen LogP contribution in [0.3, 0.4) is 0 Å². The molecule has 1 aromatic carbocycles. The molecular formula is C15H21N3O2S. The van der Waals surface area contributed by atoms with Gasteiger partial charge in [0.2, 0.25) is 11.8 Å². The summed E-state index contributed by atoms with van der Waals surface area (Å²) in [6.45, 7) is 2.63. The Bertz CT molecular complexity index is 475. The van der Waals surface area contributed by atoms with Gasteiger partial charge in [-0.1, -0.05) is 18.2 Å². The normalized spacial score (nSPS) is 19.6. The summed E-state index contributed by atoms with van der Waals surface area (Å²) >= 11 is 1.85. The van der Waals surface area contributed by atoms with Crippen LogP contribution in [0.5, 0.6) is 0 Å². The molecule has 1 fully saturated rings. The summed E-state index contributed by atoms with van der Waals surface area (Å²) in [6.07, 6.45) is 0.413. The van der Waals surface area contributed by atoms with E-state index in [0.29, 0.717) is 6.42 Å². The van der Waals surface area contributed by atoms with E-state index in [1.807, 2.05) is 42.1 Å². The third kappa shape index (κ3) is 5.40. The van der Waals surface area contributed by atoms with E-state index in [2.05, 4.69) is 16.0 Å². The summed E-state index contributed by atoms with van der Waals surface area (Å²) in [5.74, 6) is 1.73. The van der Waals surface area contributed by atoms with E-state index in [1.54, 1.807) is 6.92 Å². The van der Waals surface area contributed by atoms with E-state index in [4.69, 9.17) is 0 Å². The van der Waals surface area contributed by atoms with Crippen LogP contribution in [0.4, 0.5) is 5.69 Å². The zero-order valence-corrected chi connectivity index (χ0v) is 12.9. The largest absolute Gasteiger partial charge is 0.345 e. The third-order valence-corrected chi connectivity index (χ3v) is 4.37. The van der Waals surface area contributed by atoms with Gasteiger partial charge < -0.3 is 16.0 Å². The Balaban J connectivity index is 1.75. The Morgan fingerprint density at radius 3 is 2.81 bits per heavy atom. The second-order valence-corrected chi connectivity index (χ2v) is 6.22. The molecule has 3 N–H and O–H groups in total. The Morgan fingerprint density at radius 1 is 1.38 bits per heavy atom. The predicted molar refractivity (Wildman–Crippen MR) is 86.4 cm³/mol. The Hall–Kier alpha value is -1.53. The number of carbonyl (C=O) groups is 2. The molecule has 0 radical (unpaired) electrons. The molecule has 1 aliphatic rings. The van der Waals surface area contributed by atoms with Crippen LogP contribution >= 0.6 is 11.8 Å². The zero-order chi connectivity index (χ0) is 15.1. The van der Waals surface area contributed by atoms with Crippen molar-refractivity contribution in [3.63, 3.8) is 0 Å². The molecule has 2 amide bonds. The lowest BCUT2D eigenvalue weighted by Gasteiger charge is -2.23. The molecule has 2 atom stereocenters. The van der Waals surface area contributed by atoms with Crippen LogP contribution in [0.15, 0.2) is 30.3 Å². The topological polar surface area (TPSA) is 70.2 Å². The Morgan fingerprint density at radius 2 is 2.14 bits per heavy atom. The summed E-state index contributed by atoms with van der Waals surface area (Å²) in [6, 6.07) is 8.87. The lowest BCUT2D eigenvalue weighted by atomic mass is 10.2. The average Bonchev–Trinajstić information content (AvgIpc) is 2.49. The maximum atomic E-state index is 12.0. The van der Waals surface area contributed by atoms with Gasteiger partial charge in [-0.3, -0.25) is 9.59 Å². The van der Waals surface area contributed by atoms with E-state index < -0.39 is 6.04 Å². The highest BCUT2D eigenvalue weighted by molar-refractivity contribution is 7.99. The van der Waals surface area contributed by atoms with Crippen LogP contribution in [0.1, 0.15) is 13.3 Å². The van der Waals surface area contributed by atoms with Gasteiger partial charge in [0.15, 0.2) is 0 Å². The number of benzene rings is 1. The minimum Gasteiger partial charge on any atom is -0.345 e. The predicted octanol–water partition coefficient (Wildman–Crippen LogP) is 1.22. The molecule has 0 spiro atoms. The monoisotopic (exact) mass is 307 g/mol. The number of carbonyl (C=O) groups excluding carboxylic acids is 2. The summed E-state index contributed by atoms with van der Waals surface area (Å²) < 4.78 is 0. The van der Waals surface area contributed by atoms with Crippen LogP contribution in [0.2, 0.25) is 0 Å². The number of hydrogen-bond acceptors (Lipinski definition) is 4. The fraction of sp³-hybridized carbons (Fsp3) is 0.467. The van der Waals surface area contributed by atoms with Crippen molar-refractivity contribution in [3.8, 4) is 0 Å². The molecule has 5 nitrogen and oxygen atoms in total. The van der Waals surface area contributed by atoms with Gasteiger partial charge in [0.1, 0.15) is 6.04 Å². The van der Waals surface area contributed by atoms with Gasteiger partial charge >= 0.3 is 0 Å². The molecular weight excluding hydrogens is 286 g/mol. The summed E-state index contributed by atoms with van der Waals surface area (Å²) in [5.41, 5.74) is 0.731. The Kier molecular flexibility index (Phi) is 6.07. The minimum absolute atomic E-state index is 0.0919. The van der Waals surface area contributed by atoms with Gasteiger partial charge in [-0.2, -0.15) is 11.8 Å². The first-order valence-corrected chi connectivity index (χ1v) is 8.27. The van der Waals surface area contributed by atoms with E-state index >= 15 is 0 Å². The number of thioether (sulfide) groups is 1. The molecule has 2 rings (SSSR count). The minimum atomic E-state index is -0.547. The molecule has 2 unspecified atom stereocenters. The van der Waals surface area contributed by atoms with Gasteiger partial charge in [-0.05, 0) is 19.1 Å². The lowest BCUT2D eigenvalue weighted by molar-refractivity contribution is -0.126. The zero-order valence-electron chi connectivity index (χ0n) is 12.1. The van der Waals surface area contributed by atoms with Gasteiger partial charge in [-0.15, -0.1) is 0 Å². The summed E-state index contributed by atoms with van der Waals surface area (Å²) in [4.78, 5) is 23.9. The van der Waals surface area contributed by atoms with Crippen molar-refractivity contribution in [3.05, 3.63) is 30.3 Å². The van der Waals surface area contributed by atoms with Crippen molar-refractivity contribution in [2.45, 2.75) is 25.4 Å². The standard InChI is InChI=1S/C15H21N3O2S/c1-11(15(20)18-12-5-3-2-4-6-12)17-14(19)9-13-10-21-8-7-16-13/h2-6,11,13,16H,7-10H2,1H3,(H,17,19)(H,18,20). The molecule has 1 aromatic rings. The van der Waals surface area contributed by atoms with Crippen molar-refractivity contribution < 1.29 is 9.59 Å². The quantitative estimate of drug-likeness (QED) is 0.765. The highest BCUT2D eigenvalue weighted by atomic mass is 32.2. The van der Waals surface area contributed by atoms with Crippen molar-refractivity contribution in [2.24, 2.45) is 0 Å². The van der Waals surface area contributed by atoms with Crippen molar-refractivity contribution in [1.29, 1.82) is 0 Å². The van der Waals surface area contributed by atoms with Gasteiger partial charge in [0.25, 0.3) is 0 Å². The first-order chi connectivity index (χ1) is 10.1. The van der Waals surface area contributed by atoms with Crippen LogP contribution in [-0.4, -0.2) is 41.9 Å². The van der Waals surface area contributed by atoms with Crippen molar-refractivity contribution >= 4 is 29.3 Å². The second-order valence-electron chi connectivity index (χ2n) is 5.07. The van der Waals surface area contributed by atoms with Gasteiger partial charge in [-0.25, -0.2) is 0 Å². The lowest BCUT2D eigenvalue weighted by Crippen LogP contribution is -2.46. The average molecular weight is 307 g/mol. The van der Waals surface area contributed by atoms with E-state index in [1.165, 1.54) is 0 Å². The highest BCUT2D eigenvalue weighted by Crippen LogP contribution is 2.10. The SMILES string of the molecule is CC(NC(=O)CC1CSCCN1)C(=O)Nc1ccccc1. The number of anilines is 1. The molecule has 1 aliphatic heterocycles. The number of para-hydroxylation sites is 1. The van der Waals surface area contributed by atoms with E-state index in [9.17, 15) is 9.59 Å². The fourth-order valence-electron chi connectivity index (χ4n) is 2.11. The number of nitrogens with one attached hydrogen (secondary N) is 3.